The van der Waals surface area contributed by atoms with Crippen molar-refractivity contribution in [1.29, 1.82) is 0 Å². The summed E-state index contributed by atoms with van der Waals surface area (Å²) in [6.45, 7) is 2.25. The van der Waals surface area contributed by atoms with Crippen molar-refractivity contribution in [3.8, 4) is 0 Å². The molecule has 0 spiro atoms. The average Bonchev–Trinajstić information content (AvgIpc) is 3.20. The molecule has 8 heteroatoms. The van der Waals surface area contributed by atoms with E-state index in [1.807, 2.05) is 29.2 Å². The average molecular weight is 428 g/mol. The third-order valence-electron chi connectivity index (χ3n) is 6.90. The lowest BCUT2D eigenvalue weighted by Gasteiger charge is -2.27. The van der Waals surface area contributed by atoms with E-state index in [1.165, 1.54) is 0 Å². The maximum atomic E-state index is 12.9. The normalized spacial score (nSPS) is 25.3. The smallest absolute Gasteiger partial charge is 0.243 e. The van der Waals surface area contributed by atoms with Crippen LogP contribution >= 0.6 is 0 Å². The van der Waals surface area contributed by atoms with E-state index in [1.54, 1.807) is 4.90 Å². The van der Waals surface area contributed by atoms with Crippen LogP contribution in [-0.4, -0.2) is 58.7 Å². The standard InChI is InChI=1S/C23H33N5O3/c24-13-15-3-5-16(6-4-15)14-26-22(30)19-2-1-10-28(19)23(31)18(25)7-8-21(29)27-11-9-17-12-20(17)27/h3-6,17-20H,1-2,7-14,24-25H2,(H,26,30)/t17?,18-,19+,20?/m1/s1. The Kier molecular flexibility index (Phi) is 6.57. The first-order chi connectivity index (χ1) is 15.0. The van der Waals surface area contributed by atoms with Crippen molar-refractivity contribution < 1.29 is 14.4 Å². The number of nitrogens with one attached hydrogen (secondary N) is 1. The van der Waals surface area contributed by atoms with E-state index >= 15 is 0 Å². The molecule has 0 bridgehead atoms. The predicted octanol–water partition coefficient (Wildman–Crippen LogP) is 0.481. The molecule has 0 aromatic heterocycles. The zero-order chi connectivity index (χ0) is 22.0. The van der Waals surface area contributed by atoms with Gasteiger partial charge in [0.05, 0.1) is 6.04 Å². The second-order valence-corrected chi connectivity index (χ2v) is 9.01. The van der Waals surface area contributed by atoms with E-state index in [0.29, 0.717) is 50.9 Å². The van der Waals surface area contributed by atoms with Crippen molar-refractivity contribution in [2.24, 2.45) is 17.4 Å². The van der Waals surface area contributed by atoms with Crippen molar-refractivity contribution in [2.45, 2.75) is 69.7 Å². The molecule has 2 heterocycles. The van der Waals surface area contributed by atoms with Crippen LogP contribution in [0.5, 0.6) is 0 Å². The van der Waals surface area contributed by atoms with E-state index in [9.17, 15) is 14.4 Å². The van der Waals surface area contributed by atoms with Gasteiger partial charge in [-0.3, -0.25) is 14.4 Å². The van der Waals surface area contributed by atoms with Gasteiger partial charge in [-0.15, -0.1) is 0 Å². The summed E-state index contributed by atoms with van der Waals surface area (Å²) in [7, 11) is 0. The van der Waals surface area contributed by atoms with Gasteiger partial charge in [-0.2, -0.15) is 0 Å². The summed E-state index contributed by atoms with van der Waals surface area (Å²) in [6.07, 6.45) is 4.24. The van der Waals surface area contributed by atoms with Crippen molar-refractivity contribution >= 4 is 17.7 Å². The van der Waals surface area contributed by atoms with Gasteiger partial charge in [0.1, 0.15) is 6.04 Å². The Labute approximate surface area is 183 Å². The molecule has 3 amide bonds. The number of hydrogen-bond acceptors (Lipinski definition) is 5. The lowest BCUT2D eigenvalue weighted by atomic mass is 10.1. The van der Waals surface area contributed by atoms with Gasteiger partial charge in [-0.1, -0.05) is 24.3 Å². The summed E-state index contributed by atoms with van der Waals surface area (Å²) < 4.78 is 0. The van der Waals surface area contributed by atoms with Crippen LogP contribution in [0.4, 0.5) is 0 Å². The van der Waals surface area contributed by atoms with Crippen LogP contribution in [0.1, 0.15) is 49.7 Å². The van der Waals surface area contributed by atoms with Crippen molar-refractivity contribution in [2.75, 3.05) is 13.1 Å². The third kappa shape index (κ3) is 4.91. The highest BCUT2D eigenvalue weighted by atomic mass is 16.2. The molecule has 4 atom stereocenters. The molecule has 3 fully saturated rings. The molecular formula is C23H33N5O3. The van der Waals surface area contributed by atoms with E-state index in [4.69, 9.17) is 11.5 Å². The Morgan fingerprint density at radius 1 is 1.06 bits per heavy atom. The Balaban J connectivity index is 1.25. The van der Waals surface area contributed by atoms with Gasteiger partial charge in [-0.25, -0.2) is 0 Å². The molecule has 1 aromatic rings. The highest BCUT2D eigenvalue weighted by molar-refractivity contribution is 5.90. The van der Waals surface area contributed by atoms with Crippen LogP contribution in [0.15, 0.2) is 24.3 Å². The molecule has 3 aliphatic rings. The minimum atomic E-state index is -0.751. The summed E-state index contributed by atoms with van der Waals surface area (Å²) in [4.78, 5) is 41.6. The second kappa shape index (κ2) is 9.36. The zero-order valence-electron chi connectivity index (χ0n) is 18.0. The van der Waals surface area contributed by atoms with Gasteiger partial charge in [-0.05, 0) is 49.1 Å². The fourth-order valence-electron chi connectivity index (χ4n) is 4.87. The fraction of sp³-hybridized carbons (Fsp3) is 0.609. The first-order valence-electron chi connectivity index (χ1n) is 11.4. The van der Waals surface area contributed by atoms with Gasteiger partial charge in [0.25, 0.3) is 0 Å². The molecular weight excluding hydrogens is 394 g/mol. The van der Waals surface area contributed by atoms with Crippen LogP contribution in [0, 0.1) is 5.92 Å². The molecule has 4 rings (SSSR count). The van der Waals surface area contributed by atoms with Gasteiger partial charge in [0.2, 0.25) is 17.7 Å². The first kappa shape index (κ1) is 21.8. The third-order valence-corrected chi connectivity index (χ3v) is 6.90. The van der Waals surface area contributed by atoms with E-state index in [2.05, 4.69) is 5.32 Å². The van der Waals surface area contributed by atoms with Crippen molar-refractivity contribution in [3.63, 3.8) is 0 Å². The molecule has 0 radical (unpaired) electrons. The summed E-state index contributed by atoms with van der Waals surface area (Å²) >= 11 is 0. The van der Waals surface area contributed by atoms with E-state index in [0.717, 1.165) is 36.9 Å². The second-order valence-electron chi connectivity index (χ2n) is 9.01. The molecule has 1 aliphatic carbocycles. The molecule has 1 aromatic carbocycles. The largest absolute Gasteiger partial charge is 0.350 e. The Morgan fingerprint density at radius 3 is 2.45 bits per heavy atom. The highest BCUT2D eigenvalue weighted by Gasteiger charge is 2.48. The lowest BCUT2D eigenvalue weighted by molar-refractivity contribution is -0.140. The molecule has 2 saturated heterocycles. The maximum Gasteiger partial charge on any atom is 0.243 e. The quantitative estimate of drug-likeness (QED) is 0.557. The Bertz CT molecular complexity index is 827. The number of rotatable bonds is 8. The van der Waals surface area contributed by atoms with Crippen LogP contribution in [0.2, 0.25) is 0 Å². The molecule has 2 unspecified atom stereocenters. The van der Waals surface area contributed by atoms with Gasteiger partial charge >= 0.3 is 0 Å². The molecule has 1 saturated carbocycles. The number of benzene rings is 1. The molecule has 31 heavy (non-hydrogen) atoms. The maximum absolute atomic E-state index is 12.9. The number of carbonyl (C=O) groups is 3. The number of fused-ring (bicyclic) bond motifs is 1. The monoisotopic (exact) mass is 427 g/mol. The van der Waals surface area contributed by atoms with E-state index < -0.39 is 12.1 Å². The summed E-state index contributed by atoms with van der Waals surface area (Å²) in [6, 6.07) is 6.95. The van der Waals surface area contributed by atoms with Gasteiger partial charge < -0.3 is 26.6 Å². The first-order valence-corrected chi connectivity index (χ1v) is 11.4. The predicted molar refractivity (Wildman–Crippen MR) is 116 cm³/mol. The Morgan fingerprint density at radius 2 is 1.81 bits per heavy atom. The van der Waals surface area contributed by atoms with E-state index in [-0.39, 0.29) is 17.7 Å². The number of carbonyl (C=O) groups excluding carboxylic acids is 3. The molecule has 2 aliphatic heterocycles. The number of nitrogens with two attached hydrogens (primary N) is 2. The van der Waals surface area contributed by atoms with Crippen LogP contribution in [-0.2, 0) is 27.5 Å². The van der Waals surface area contributed by atoms with Crippen molar-refractivity contribution in [1.82, 2.24) is 15.1 Å². The molecule has 8 nitrogen and oxygen atoms in total. The minimum absolute atomic E-state index is 0.101. The highest BCUT2D eigenvalue weighted by Crippen LogP contribution is 2.44. The number of nitrogens with zero attached hydrogens (tertiary/aromatic N) is 2. The summed E-state index contributed by atoms with van der Waals surface area (Å²) in [5.74, 6) is 0.406. The van der Waals surface area contributed by atoms with Crippen molar-refractivity contribution in [3.05, 3.63) is 35.4 Å². The van der Waals surface area contributed by atoms with Crippen LogP contribution < -0.4 is 16.8 Å². The molecule has 5 N–H and O–H groups in total. The number of amides is 3. The number of piperidine rings is 1. The lowest BCUT2D eigenvalue weighted by Crippen LogP contribution is -2.51. The summed E-state index contributed by atoms with van der Waals surface area (Å²) in [5.41, 5.74) is 13.8. The number of likely N-dealkylation sites (tertiary alicyclic amines) is 2. The number of hydrogen-bond donors (Lipinski definition) is 3. The Hall–Kier alpha value is -2.45. The molecule has 168 valence electrons. The topological polar surface area (TPSA) is 122 Å². The van der Waals surface area contributed by atoms with Crippen LogP contribution in [0.25, 0.3) is 0 Å². The SMILES string of the molecule is NCc1ccc(CNC(=O)[C@@H]2CCCN2C(=O)[C@H](N)CCC(=O)N2CCC3CC32)cc1. The zero-order valence-corrected chi connectivity index (χ0v) is 18.0. The van der Waals surface area contributed by atoms with Gasteiger partial charge in [0, 0.05) is 38.6 Å². The van der Waals surface area contributed by atoms with Crippen LogP contribution in [0.3, 0.4) is 0 Å². The summed E-state index contributed by atoms with van der Waals surface area (Å²) in [5, 5.41) is 2.93. The van der Waals surface area contributed by atoms with Gasteiger partial charge in [0.15, 0.2) is 0 Å². The fourth-order valence-corrected chi connectivity index (χ4v) is 4.87. The minimum Gasteiger partial charge on any atom is -0.350 e.